The molecule has 6 nitrogen and oxygen atoms in total. The standard InChI is InChI=1S/C20H27N3O3S/c1-27(25,26)22-19(17-6-3-2-4-7-17)14-16-9-12-23(13-10-16)15-18-8-5-11-21-20(18)24/h2-8,11,16,19,22H,9-10,12-15H2,1H3,(H,21,24). The molecule has 1 aliphatic heterocycles. The third-order valence-corrected chi connectivity index (χ3v) is 5.84. The van der Waals surface area contributed by atoms with Crippen LogP contribution in [0.25, 0.3) is 0 Å². The van der Waals surface area contributed by atoms with E-state index in [1.807, 2.05) is 42.5 Å². The van der Waals surface area contributed by atoms with E-state index >= 15 is 0 Å². The van der Waals surface area contributed by atoms with Gasteiger partial charge in [0.1, 0.15) is 0 Å². The molecule has 0 amide bonds. The predicted octanol–water partition coefficient (Wildman–Crippen LogP) is 2.27. The molecule has 1 fully saturated rings. The third kappa shape index (κ3) is 6.02. The summed E-state index contributed by atoms with van der Waals surface area (Å²) in [6.07, 6.45) is 5.65. The van der Waals surface area contributed by atoms with Crippen LogP contribution in [0, 0.1) is 5.92 Å². The van der Waals surface area contributed by atoms with E-state index < -0.39 is 10.0 Å². The van der Waals surface area contributed by atoms with Crippen molar-refractivity contribution in [1.82, 2.24) is 14.6 Å². The van der Waals surface area contributed by atoms with Gasteiger partial charge in [0, 0.05) is 24.3 Å². The van der Waals surface area contributed by atoms with E-state index in [-0.39, 0.29) is 11.6 Å². The zero-order valence-corrected chi connectivity index (χ0v) is 16.4. The molecule has 0 saturated carbocycles. The first kappa shape index (κ1) is 19.8. The first-order chi connectivity index (χ1) is 12.9. The van der Waals surface area contributed by atoms with Crippen molar-refractivity contribution in [2.75, 3.05) is 19.3 Å². The lowest BCUT2D eigenvalue weighted by Crippen LogP contribution is -2.36. The zero-order valence-electron chi connectivity index (χ0n) is 15.6. The van der Waals surface area contributed by atoms with Gasteiger partial charge in [-0.2, -0.15) is 0 Å². The van der Waals surface area contributed by atoms with Gasteiger partial charge in [-0.15, -0.1) is 0 Å². The fraction of sp³-hybridized carbons (Fsp3) is 0.450. The normalized spacial score (nSPS) is 17.7. The summed E-state index contributed by atoms with van der Waals surface area (Å²) in [7, 11) is -3.28. The van der Waals surface area contributed by atoms with Gasteiger partial charge in [-0.25, -0.2) is 13.1 Å². The highest BCUT2D eigenvalue weighted by molar-refractivity contribution is 7.88. The van der Waals surface area contributed by atoms with Crippen molar-refractivity contribution in [3.63, 3.8) is 0 Å². The summed E-state index contributed by atoms with van der Waals surface area (Å²) in [5.41, 5.74) is 1.76. The zero-order chi connectivity index (χ0) is 19.3. The van der Waals surface area contributed by atoms with Crippen molar-refractivity contribution in [3.8, 4) is 0 Å². The Bertz CT molecular complexity index is 888. The molecule has 7 heteroatoms. The van der Waals surface area contributed by atoms with Crippen LogP contribution in [0.15, 0.2) is 53.5 Å². The van der Waals surface area contributed by atoms with Crippen molar-refractivity contribution in [1.29, 1.82) is 0 Å². The predicted molar refractivity (Wildman–Crippen MR) is 107 cm³/mol. The minimum absolute atomic E-state index is 0.0267. The average Bonchev–Trinajstić information content (AvgIpc) is 2.64. The van der Waals surface area contributed by atoms with Crippen LogP contribution in [0.1, 0.15) is 36.4 Å². The summed E-state index contributed by atoms with van der Waals surface area (Å²) in [5.74, 6) is 0.453. The van der Waals surface area contributed by atoms with E-state index in [0.29, 0.717) is 12.5 Å². The Morgan fingerprint density at radius 3 is 2.48 bits per heavy atom. The topological polar surface area (TPSA) is 82.3 Å². The molecule has 27 heavy (non-hydrogen) atoms. The minimum Gasteiger partial charge on any atom is -0.329 e. The number of likely N-dealkylation sites (tertiary alicyclic amines) is 1. The van der Waals surface area contributed by atoms with Crippen molar-refractivity contribution in [2.45, 2.75) is 31.8 Å². The lowest BCUT2D eigenvalue weighted by atomic mass is 9.88. The molecule has 1 unspecified atom stereocenters. The van der Waals surface area contributed by atoms with Gasteiger partial charge in [0.2, 0.25) is 10.0 Å². The molecular formula is C20H27N3O3S. The number of H-pyrrole nitrogens is 1. The molecule has 1 aliphatic rings. The summed E-state index contributed by atoms with van der Waals surface area (Å²) in [6, 6.07) is 13.3. The molecule has 0 radical (unpaired) electrons. The number of nitrogens with one attached hydrogen (secondary N) is 2. The Balaban J connectivity index is 1.59. The van der Waals surface area contributed by atoms with Crippen LogP contribution in [0.5, 0.6) is 0 Å². The molecule has 1 aromatic carbocycles. The molecule has 1 aromatic heterocycles. The Labute approximate surface area is 160 Å². The number of hydrogen-bond acceptors (Lipinski definition) is 4. The van der Waals surface area contributed by atoms with Gasteiger partial charge < -0.3 is 4.98 Å². The van der Waals surface area contributed by atoms with E-state index in [9.17, 15) is 13.2 Å². The van der Waals surface area contributed by atoms with Gasteiger partial charge in [-0.05, 0) is 49.9 Å². The molecule has 0 bridgehead atoms. The van der Waals surface area contributed by atoms with E-state index in [2.05, 4.69) is 14.6 Å². The number of hydrogen-bond donors (Lipinski definition) is 2. The van der Waals surface area contributed by atoms with Crippen LogP contribution in [-0.4, -0.2) is 37.6 Å². The second-order valence-corrected chi connectivity index (χ2v) is 9.11. The van der Waals surface area contributed by atoms with Gasteiger partial charge >= 0.3 is 0 Å². The van der Waals surface area contributed by atoms with Crippen LogP contribution < -0.4 is 10.3 Å². The highest BCUT2D eigenvalue weighted by Crippen LogP contribution is 2.29. The van der Waals surface area contributed by atoms with Crippen molar-refractivity contribution >= 4 is 10.0 Å². The van der Waals surface area contributed by atoms with Crippen molar-refractivity contribution in [3.05, 3.63) is 70.1 Å². The fourth-order valence-electron chi connectivity index (χ4n) is 3.73. The van der Waals surface area contributed by atoms with E-state index in [0.717, 1.165) is 43.5 Å². The first-order valence-electron chi connectivity index (χ1n) is 9.32. The summed E-state index contributed by atoms with van der Waals surface area (Å²) < 4.78 is 26.4. The first-order valence-corrected chi connectivity index (χ1v) is 11.2. The Morgan fingerprint density at radius 2 is 1.85 bits per heavy atom. The van der Waals surface area contributed by atoms with Crippen LogP contribution in [0.2, 0.25) is 0 Å². The monoisotopic (exact) mass is 389 g/mol. The quantitative estimate of drug-likeness (QED) is 0.761. The smallest absolute Gasteiger partial charge is 0.252 e. The third-order valence-electron chi connectivity index (χ3n) is 5.13. The molecule has 2 N–H and O–H groups in total. The van der Waals surface area contributed by atoms with E-state index in [4.69, 9.17) is 0 Å². The maximum absolute atomic E-state index is 11.8. The van der Waals surface area contributed by atoms with Crippen LogP contribution >= 0.6 is 0 Å². The van der Waals surface area contributed by atoms with Crippen LogP contribution in [0.4, 0.5) is 0 Å². The maximum atomic E-state index is 11.8. The largest absolute Gasteiger partial charge is 0.329 e. The van der Waals surface area contributed by atoms with Gasteiger partial charge in [-0.1, -0.05) is 36.4 Å². The van der Waals surface area contributed by atoms with E-state index in [1.165, 1.54) is 6.26 Å². The Kier molecular flexibility index (Phi) is 6.46. The number of rotatable bonds is 7. The lowest BCUT2D eigenvalue weighted by Gasteiger charge is -2.33. The van der Waals surface area contributed by atoms with Crippen molar-refractivity contribution < 1.29 is 8.42 Å². The number of benzene rings is 1. The molecule has 2 heterocycles. The SMILES string of the molecule is CS(=O)(=O)NC(CC1CCN(Cc2ccc[nH]c2=O)CC1)c1ccccc1. The Morgan fingerprint density at radius 1 is 1.15 bits per heavy atom. The number of nitrogens with zero attached hydrogens (tertiary/aromatic N) is 1. The molecule has 1 atom stereocenters. The summed E-state index contributed by atoms with van der Waals surface area (Å²) >= 11 is 0. The number of piperidine rings is 1. The summed E-state index contributed by atoms with van der Waals surface area (Å²) in [6.45, 7) is 2.49. The molecule has 3 rings (SSSR count). The van der Waals surface area contributed by atoms with Crippen LogP contribution in [-0.2, 0) is 16.6 Å². The second-order valence-electron chi connectivity index (χ2n) is 7.33. The Hall–Kier alpha value is -1.96. The van der Waals surface area contributed by atoms with Gasteiger partial charge in [-0.3, -0.25) is 9.69 Å². The molecule has 2 aromatic rings. The van der Waals surface area contributed by atoms with Crippen molar-refractivity contribution in [2.24, 2.45) is 5.92 Å². The lowest BCUT2D eigenvalue weighted by molar-refractivity contribution is 0.166. The van der Waals surface area contributed by atoms with Crippen LogP contribution in [0.3, 0.4) is 0 Å². The highest BCUT2D eigenvalue weighted by Gasteiger charge is 2.25. The molecule has 1 saturated heterocycles. The maximum Gasteiger partial charge on any atom is 0.252 e. The van der Waals surface area contributed by atoms with Gasteiger partial charge in [0.15, 0.2) is 0 Å². The summed E-state index contributed by atoms with van der Waals surface area (Å²) in [5, 5.41) is 0. The van der Waals surface area contributed by atoms with Gasteiger partial charge in [0.05, 0.1) is 6.26 Å². The summed E-state index contributed by atoms with van der Waals surface area (Å²) in [4.78, 5) is 16.9. The number of sulfonamides is 1. The number of aromatic nitrogens is 1. The van der Waals surface area contributed by atoms with Gasteiger partial charge in [0.25, 0.3) is 5.56 Å². The molecular weight excluding hydrogens is 362 g/mol. The minimum atomic E-state index is -3.28. The average molecular weight is 390 g/mol. The fourth-order valence-corrected chi connectivity index (χ4v) is 4.48. The number of pyridine rings is 1. The van der Waals surface area contributed by atoms with E-state index in [1.54, 1.807) is 6.20 Å². The molecule has 146 valence electrons. The number of aromatic amines is 1. The molecule has 0 spiro atoms. The second kappa shape index (κ2) is 8.82. The highest BCUT2D eigenvalue weighted by atomic mass is 32.2. The molecule has 0 aliphatic carbocycles.